The van der Waals surface area contributed by atoms with Gasteiger partial charge in [0.05, 0.1) is 7.11 Å². The standard InChI is InChI=1S/C9H12O3/c1-5-8(11-4)9(6-2)12-7(3)10/h5-6H,1-2H2,3-4H3. The van der Waals surface area contributed by atoms with Gasteiger partial charge in [0.2, 0.25) is 0 Å². The smallest absolute Gasteiger partial charge is 0.308 e. The van der Waals surface area contributed by atoms with Crippen LogP contribution in [0.5, 0.6) is 0 Å². The molecule has 0 unspecified atom stereocenters. The molecule has 66 valence electrons. The molecule has 3 heteroatoms. The normalized spacial score (nSPS) is 11.2. The Morgan fingerprint density at radius 2 is 1.75 bits per heavy atom. The monoisotopic (exact) mass is 168 g/mol. The SMILES string of the molecule is C=CC(OC)=C(C=C)OC(C)=O. The summed E-state index contributed by atoms with van der Waals surface area (Å²) < 4.78 is 9.64. The minimum Gasteiger partial charge on any atom is -0.493 e. The molecule has 0 aliphatic rings. The van der Waals surface area contributed by atoms with E-state index in [2.05, 4.69) is 13.2 Å². The van der Waals surface area contributed by atoms with Crippen LogP contribution in [0.1, 0.15) is 6.92 Å². The van der Waals surface area contributed by atoms with Crippen molar-refractivity contribution < 1.29 is 14.3 Å². The molecule has 0 aliphatic heterocycles. The minimum atomic E-state index is -0.415. The average molecular weight is 168 g/mol. The van der Waals surface area contributed by atoms with E-state index in [0.717, 1.165) is 0 Å². The number of esters is 1. The van der Waals surface area contributed by atoms with Gasteiger partial charge in [-0.15, -0.1) is 0 Å². The third-order valence-electron chi connectivity index (χ3n) is 1.09. The van der Waals surface area contributed by atoms with Gasteiger partial charge in [-0.1, -0.05) is 13.2 Å². The maximum Gasteiger partial charge on any atom is 0.308 e. The number of allylic oxidation sites excluding steroid dienone is 2. The van der Waals surface area contributed by atoms with E-state index in [0.29, 0.717) is 5.76 Å². The molecule has 0 bridgehead atoms. The van der Waals surface area contributed by atoms with E-state index in [1.807, 2.05) is 0 Å². The first-order valence-corrected chi connectivity index (χ1v) is 3.37. The van der Waals surface area contributed by atoms with Crippen molar-refractivity contribution in [2.45, 2.75) is 6.92 Å². The summed E-state index contributed by atoms with van der Waals surface area (Å²) in [4.78, 5) is 10.6. The zero-order valence-electron chi connectivity index (χ0n) is 7.29. The second kappa shape index (κ2) is 5.18. The van der Waals surface area contributed by atoms with Crippen molar-refractivity contribution in [1.29, 1.82) is 0 Å². The van der Waals surface area contributed by atoms with Crippen molar-refractivity contribution in [3.05, 3.63) is 36.8 Å². The molecule has 0 saturated carbocycles. The lowest BCUT2D eigenvalue weighted by Gasteiger charge is -2.05. The predicted molar refractivity (Wildman–Crippen MR) is 46.2 cm³/mol. The first kappa shape index (κ1) is 10.5. The Morgan fingerprint density at radius 1 is 1.25 bits per heavy atom. The Labute approximate surface area is 72.0 Å². The first-order chi connectivity index (χ1) is 5.65. The van der Waals surface area contributed by atoms with E-state index < -0.39 is 5.97 Å². The molecular formula is C9H12O3. The van der Waals surface area contributed by atoms with Crippen LogP contribution in [-0.4, -0.2) is 13.1 Å². The summed E-state index contributed by atoms with van der Waals surface area (Å²) in [6, 6.07) is 0. The zero-order chi connectivity index (χ0) is 9.56. The molecule has 0 atom stereocenters. The van der Waals surface area contributed by atoms with Crippen LogP contribution in [0.15, 0.2) is 36.8 Å². The summed E-state index contributed by atoms with van der Waals surface area (Å²) in [5.41, 5.74) is 0. The molecule has 0 heterocycles. The molecule has 0 aromatic carbocycles. The van der Waals surface area contributed by atoms with Gasteiger partial charge in [-0.05, 0) is 12.2 Å². The van der Waals surface area contributed by atoms with Gasteiger partial charge in [0, 0.05) is 6.92 Å². The van der Waals surface area contributed by atoms with Crippen LogP contribution in [0.4, 0.5) is 0 Å². The summed E-state index contributed by atoms with van der Waals surface area (Å²) in [5, 5.41) is 0. The van der Waals surface area contributed by atoms with Crippen LogP contribution < -0.4 is 0 Å². The molecular weight excluding hydrogens is 156 g/mol. The number of ether oxygens (including phenoxy) is 2. The number of rotatable bonds is 4. The van der Waals surface area contributed by atoms with E-state index in [-0.39, 0.29) is 5.76 Å². The molecule has 0 aromatic rings. The Balaban J connectivity index is 4.68. The lowest BCUT2D eigenvalue weighted by Crippen LogP contribution is -2.00. The van der Waals surface area contributed by atoms with Crippen molar-refractivity contribution in [2.75, 3.05) is 7.11 Å². The van der Waals surface area contributed by atoms with Gasteiger partial charge in [0.25, 0.3) is 0 Å². The summed E-state index contributed by atoms with van der Waals surface area (Å²) >= 11 is 0. The average Bonchev–Trinajstić information content (AvgIpc) is 2.04. The summed E-state index contributed by atoms with van der Waals surface area (Å²) in [5.74, 6) is 0.251. The van der Waals surface area contributed by atoms with Gasteiger partial charge < -0.3 is 9.47 Å². The number of carbonyl (C=O) groups is 1. The van der Waals surface area contributed by atoms with Crippen molar-refractivity contribution in [3.8, 4) is 0 Å². The van der Waals surface area contributed by atoms with Crippen LogP contribution in [0.25, 0.3) is 0 Å². The molecule has 0 fully saturated rings. The maximum atomic E-state index is 10.6. The van der Waals surface area contributed by atoms with Crippen molar-refractivity contribution in [1.82, 2.24) is 0 Å². The third-order valence-corrected chi connectivity index (χ3v) is 1.09. The minimum absolute atomic E-state index is 0.278. The zero-order valence-corrected chi connectivity index (χ0v) is 7.29. The lowest BCUT2D eigenvalue weighted by molar-refractivity contribution is -0.136. The van der Waals surface area contributed by atoms with Gasteiger partial charge in [-0.25, -0.2) is 0 Å². The van der Waals surface area contributed by atoms with E-state index in [9.17, 15) is 4.79 Å². The highest BCUT2D eigenvalue weighted by atomic mass is 16.6. The predicted octanol–water partition coefficient (Wildman–Crippen LogP) is 1.78. The van der Waals surface area contributed by atoms with Crippen molar-refractivity contribution in [2.24, 2.45) is 0 Å². The molecule has 3 nitrogen and oxygen atoms in total. The van der Waals surface area contributed by atoms with Crippen LogP contribution in [0.2, 0.25) is 0 Å². The Bertz CT molecular complexity index is 226. The fourth-order valence-electron chi connectivity index (χ4n) is 0.632. The summed E-state index contributed by atoms with van der Waals surface area (Å²) in [6.45, 7) is 8.26. The highest BCUT2D eigenvalue weighted by Gasteiger charge is 2.03. The van der Waals surface area contributed by atoms with Crippen LogP contribution in [0, 0.1) is 0 Å². The summed E-state index contributed by atoms with van der Waals surface area (Å²) in [7, 11) is 1.46. The highest BCUT2D eigenvalue weighted by Crippen LogP contribution is 2.09. The molecule has 0 N–H and O–H groups in total. The van der Waals surface area contributed by atoms with Gasteiger partial charge in [0.1, 0.15) is 0 Å². The Hall–Kier alpha value is -1.51. The van der Waals surface area contributed by atoms with Gasteiger partial charge >= 0.3 is 5.97 Å². The molecule has 0 aromatic heterocycles. The lowest BCUT2D eigenvalue weighted by atomic mass is 10.4. The van der Waals surface area contributed by atoms with Crippen LogP contribution >= 0.6 is 0 Å². The molecule has 12 heavy (non-hydrogen) atoms. The van der Waals surface area contributed by atoms with Gasteiger partial charge in [0.15, 0.2) is 11.5 Å². The number of hydrogen-bond donors (Lipinski definition) is 0. The van der Waals surface area contributed by atoms with Crippen molar-refractivity contribution in [3.63, 3.8) is 0 Å². The molecule has 0 spiro atoms. The number of carbonyl (C=O) groups excluding carboxylic acids is 1. The fraction of sp³-hybridized carbons (Fsp3) is 0.222. The quantitative estimate of drug-likeness (QED) is 0.364. The molecule has 0 saturated heterocycles. The van der Waals surface area contributed by atoms with E-state index >= 15 is 0 Å². The second-order valence-electron chi connectivity index (χ2n) is 1.93. The topological polar surface area (TPSA) is 35.5 Å². The molecule has 0 radical (unpaired) electrons. The van der Waals surface area contributed by atoms with Crippen molar-refractivity contribution >= 4 is 5.97 Å². The highest BCUT2D eigenvalue weighted by molar-refractivity contribution is 5.67. The van der Waals surface area contributed by atoms with E-state index in [1.165, 1.54) is 26.2 Å². The maximum absolute atomic E-state index is 10.6. The van der Waals surface area contributed by atoms with Gasteiger partial charge in [-0.2, -0.15) is 0 Å². The number of methoxy groups -OCH3 is 1. The molecule has 0 aliphatic carbocycles. The fourth-order valence-corrected chi connectivity index (χ4v) is 0.632. The second-order valence-corrected chi connectivity index (χ2v) is 1.93. The molecule has 0 amide bonds. The van der Waals surface area contributed by atoms with E-state index in [4.69, 9.17) is 9.47 Å². The van der Waals surface area contributed by atoms with E-state index in [1.54, 1.807) is 0 Å². The first-order valence-electron chi connectivity index (χ1n) is 3.37. The Morgan fingerprint density at radius 3 is 2.00 bits per heavy atom. The third kappa shape index (κ3) is 3.05. The van der Waals surface area contributed by atoms with Gasteiger partial charge in [-0.3, -0.25) is 4.79 Å². The Kier molecular flexibility index (Phi) is 4.53. The summed E-state index contributed by atoms with van der Waals surface area (Å²) in [6.07, 6.45) is 2.84. The molecule has 0 rings (SSSR count). The van der Waals surface area contributed by atoms with Crippen LogP contribution in [0.3, 0.4) is 0 Å². The van der Waals surface area contributed by atoms with Crippen LogP contribution in [-0.2, 0) is 14.3 Å². The largest absolute Gasteiger partial charge is 0.493 e. The number of hydrogen-bond acceptors (Lipinski definition) is 3.